The Hall–Kier alpha value is -3.30. The van der Waals surface area contributed by atoms with Crippen LogP contribution >= 0.6 is 0 Å². The van der Waals surface area contributed by atoms with Crippen molar-refractivity contribution in [2.24, 2.45) is 7.05 Å². The second kappa shape index (κ2) is 8.73. The van der Waals surface area contributed by atoms with E-state index >= 15 is 0 Å². The fourth-order valence-electron chi connectivity index (χ4n) is 4.71. The van der Waals surface area contributed by atoms with Crippen LogP contribution in [0.2, 0.25) is 0 Å². The van der Waals surface area contributed by atoms with E-state index < -0.39 is 10.0 Å². The van der Waals surface area contributed by atoms with Crippen LogP contribution in [0, 0.1) is 6.92 Å². The monoisotopic (exact) mass is 491 g/mol. The quantitative estimate of drug-likeness (QED) is 0.434. The van der Waals surface area contributed by atoms with Gasteiger partial charge in [0.05, 0.1) is 21.5 Å². The van der Waals surface area contributed by atoms with Gasteiger partial charge in [0, 0.05) is 38.9 Å². The second-order valence-electron chi connectivity index (χ2n) is 9.36. The Labute approximate surface area is 205 Å². The number of rotatable bonds is 4. The lowest BCUT2D eigenvalue weighted by molar-refractivity contribution is 0.0699. The first-order chi connectivity index (χ1) is 16.7. The van der Waals surface area contributed by atoms with Crippen molar-refractivity contribution in [1.82, 2.24) is 24.0 Å². The molecule has 182 valence electrons. The Morgan fingerprint density at radius 1 is 0.971 bits per heavy atom. The number of piperazine rings is 1. The highest BCUT2D eigenvalue weighted by Crippen LogP contribution is 2.27. The van der Waals surface area contributed by atoms with Crippen LogP contribution < -0.4 is 0 Å². The minimum absolute atomic E-state index is 0.113. The normalized spacial score (nSPS) is 15.4. The molecule has 5 rings (SSSR count). The van der Waals surface area contributed by atoms with Gasteiger partial charge in [-0.05, 0) is 41.8 Å². The number of fused-ring (bicyclic) bond motifs is 2. The van der Waals surface area contributed by atoms with E-state index in [4.69, 9.17) is 4.98 Å². The predicted molar refractivity (Wildman–Crippen MR) is 136 cm³/mol. The van der Waals surface area contributed by atoms with E-state index in [1.807, 2.05) is 64.2 Å². The van der Waals surface area contributed by atoms with Gasteiger partial charge in [-0.3, -0.25) is 9.48 Å². The lowest BCUT2D eigenvalue weighted by atomic mass is 10.0. The standard InChI is InChI=1S/C26H29N5O3S/c1-17(2)23-16-22(24-18(3)28-29(4)25(24)27-23)26(32)30-11-13-31(14-12-30)35(33,34)21-10-9-19-7-5-6-8-20(19)15-21/h5-10,15-17H,11-14H2,1-4H3. The summed E-state index contributed by atoms with van der Waals surface area (Å²) < 4.78 is 29.8. The van der Waals surface area contributed by atoms with Crippen LogP contribution in [0.3, 0.4) is 0 Å². The molecule has 35 heavy (non-hydrogen) atoms. The van der Waals surface area contributed by atoms with E-state index in [-0.39, 0.29) is 29.8 Å². The Bertz CT molecular complexity index is 1550. The highest BCUT2D eigenvalue weighted by molar-refractivity contribution is 7.89. The Morgan fingerprint density at radius 2 is 1.66 bits per heavy atom. The van der Waals surface area contributed by atoms with Crippen LogP contribution in [-0.4, -0.2) is 64.5 Å². The molecule has 4 aromatic rings. The SMILES string of the molecule is Cc1nn(C)c2nc(C(C)C)cc(C(=O)N3CCN(S(=O)(=O)c4ccc5ccccc5c4)CC3)c12. The van der Waals surface area contributed by atoms with E-state index in [2.05, 4.69) is 5.10 Å². The average Bonchev–Trinajstić information content (AvgIpc) is 3.16. The zero-order valence-corrected chi connectivity index (χ0v) is 21.2. The maximum absolute atomic E-state index is 13.6. The summed E-state index contributed by atoms with van der Waals surface area (Å²) in [5.74, 6) is 0.0447. The Morgan fingerprint density at radius 3 is 2.34 bits per heavy atom. The fraction of sp³-hybridized carbons (Fsp3) is 0.346. The highest BCUT2D eigenvalue weighted by atomic mass is 32.2. The van der Waals surface area contributed by atoms with Gasteiger partial charge in [-0.25, -0.2) is 13.4 Å². The first kappa shape index (κ1) is 23.4. The molecule has 8 nitrogen and oxygen atoms in total. The fourth-order valence-corrected chi connectivity index (χ4v) is 6.17. The van der Waals surface area contributed by atoms with Gasteiger partial charge in [-0.1, -0.05) is 44.2 Å². The van der Waals surface area contributed by atoms with Gasteiger partial charge < -0.3 is 4.90 Å². The third-order valence-corrected chi connectivity index (χ3v) is 8.59. The lowest BCUT2D eigenvalue weighted by Crippen LogP contribution is -2.50. The van der Waals surface area contributed by atoms with Crippen molar-refractivity contribution in [2.45, 2.75) is 31.6 Å². The van der Waals surface area contributed by atoms with Crippen molar-refractivity contribution in [3.8, 4) is 0 Å². The van der Waals surface area contributed by atoms with E-state index in [1.54, 1.807) is 21.7 Å². The molecule has 0 saturated carbocycles. The number of aromatic nitrogens is 3. The smallest absolute Gasteiger partial charge is 0.254 e. The number of aryl methyl sites for hydroxylation is 2. The molecule has 0 N–H and O–H groups in total. The van der Waals surface area contributed by atoms with Crippen LogP contribution in [0.4, 0.5) is 0 Å². The third kappa shape index (κ3) is 4.08. The molecule has 0 radical (unpaired) electrons. The molecule has 1 amide bonds. The summed E-state index contributed by atoms with van der Waals surface area (Å²) >= 11 is 0. The van der Waals surface area contributed by atoms with Crippen LogP contribution in [-0.2, 0) is 17.1 Å². The molecule has 1 aliphatic rings. The molecular weight excluding hydrogens is 462 g/mol. The highest BCUT2D eigenvalue weighted by Gasteiger charge is 2.32. The molecule has 1 fully saturated rings. The van der Waals surface area contributed by atoms with E-state index in [0.29, 0.717) is 24.3 Å². The Balaban J connectivity index is 1.39. The number of carbonyl (C=O) groups excluding carboxylic acids is 1. The molecule has 0 unspecified atom stereocenters. The summed E-state index contributed by atoms with van der Waals surface area (Å²) in [7, 11) is -1.82. The molecule has 0 aliphatic carbocycles. The van der Waals surface area contributed by atoms with E-state index in [9.17, 15) is 13.2 Å². The summed E-state index contributed by atoms with van der Waals surface area (Å²) in [6.07, 6.45) is 0. The zero-order chi connectivity index (χ0) is 24.9. The molecule has 1 saturated heterocycles. The maximum Gasteiger partial charge on any atom is 0.254 e. The molecular formula is C26H29N5O3S. The van der Waals surface area contributed by atoms with Gasteiger partial charge in [0.25, 0.3) is 5.91 Å². The number of benzene rings is 2. The summed E-state index contributed by atoms with van der Waals surface area (Å²) in [5, 5.41) is 7.11. The van der Waals surface area contributed by atoms with Crippen LogP contribution in [0.5, 0.6) is 0 Å². The van der Waals surface area contributed by atoms with Crippen LogP contribution in [0.1, 0.15) is 41.5 Å². The molecule has 1 aliphatic heterocycles. The first-order valence-electron chi connectivity index (χ1n) is 11.8. The second-order valence-corrected chi connectivity index (χ2v) is 11.3. The minimum Gasteiger partial charge on any atom is -0.336 e. The van der Waals surface area contributed by atoms with Crippen LogP contribution in [0.25, 0.3) is 21.8 Å². The summed E-state index contributed by atoms with van der Waals surface area (Å²) in [6, 6.07) is 14.8. The molecule has 9 heteroatoms. The molecule has 2 aromatic heterocycles. The molecule has 3 heterocycles. The number of carbonyl (C=O) groups is 1. The van der Waals surface area contributed by atoms with Crippen LogP contribution in [0.15, 0.2) is 53.4 Å². The van der Waals surface area contributed by atoms with Gasteiger partial charge in [0.2, 0.25) is 10.0 Å². The van der Waals surface area contributed by atoms with Crippen molar-refractivity contribution in [1.29, 1.82) is 0 Å². The predicted octanol–water partition coefficient (Wildman–Crippen LogP) is 3.70. The van der Waals surface area contributed by atoms with Gasteiger partial charge in [0.15, 0.2) is 5.65 Å². The largest absolute Gasteiger partial charge is 0.336 e. The molecule has 0 spiro atoms. The van der Waals surface area contributed by atoms with Crippen molar-refractivity contribution in [3.05, 3.63) is 65.5 Å². The maximum atomic E-state index is 13.6. The van der Waals surface area contributed by atoms with Gasteiger partial charge in [-0.15, -0.1) is 0 Å². The van der Waals surface area contributed by atoms with E-state index in [0.717, 1.165) is 27.5 Å². The number of hydrogen-bond donors (Lipinski definition) is 0. The van der Waals surface area contributed by atoms with Crippen molar-refractivity contribution in [3.63, 3.8) is 0 Å². The average molecular weight is 492 g/mol. The van der Waals surface area contributed by atoms with Crippen molar-refractivity contribution >= 4 is 37.7 Å². The minimum atomic E-state index is -3.65. The van der Waals surface area contributed by atoms with Crippen molar-refractivity contribution < 1.29 is 13.2 Å². The summed E-state index contributed by atoms with van der Waals surface area (Å²) in [6.45, 7) is 7.11. The zero-order valence-electron chi connectivity index (χ0n) is 20.4. The van der Waals surface area contributed by atoms with Gasteiger partial charge in [0.1, 0.15) is 0 Å². The number of nitrogens with zero attached hydrogens (tertiary/aromatic N) is 5. The topological polar surface area (TPSA) is 88.4 Å². The molecule has 2 aromatic carbocycles. The molecule has 0 bridgehead atoms. The Kier molecular flexibility index (Phi) is 5.85. The van der Waals surface area contributed by atoms with Gasteiger partial charge in [-0.2, -0.15) is 9.40 Å². The molecule has 0 atom stereocenters. The van der Waals surface area contributed by atoms with Gasteiger partial charge >= 0.3 is 0 Å². The number of sulfonamides is 1. The third-order valence-electron chi connectivity index (χ3n) is 6.69. The number of hydrogen-bond acceptors (Lipinski definition) is 5. The lowest BCUT2D eigenvalue weighted by Gasteiger charge is -2.34. The first-order valence-corrected chi connectivity index (χ1v) is 13.2. The number of pyridine rings is 1. The van der Waals surface area contributed by atoms with E-state index in [1.165, 1.54) is 4.31 Å². The summed E-state index contributed by atoms with van der Waals surface area (Å²) in [4.78, 5) is 20.4. The van der Waals surface area contributed by atoms with Crippen molar-refractivity contribution in [2.75, 3.05) is 26.2 Å². The number of amides is 1. The summed E-state index contributed by atoms with van der Waals surface area (Å²) in [5.41, 5.74) is 2.86.